The number of aryl methyl sites for hydroxylation is 1. The van der Waals surface area contributed by atoms with Gasteiger partial charge in [0.25, 0.3) is 0 Å². The average Bonchev–Trinajstić information content (AvgIpc) is 2.46. The summed E-state index contributed by atoms with van der Waals surface area (Å²) < 4.78 is 27.0. The molecule has 0 spiro atoms. The van der Waals surface area contributed by atoms with Crippen molar-refractivity contribution in [2.24, 2.45) is 0 Å². The van der Waals surface area contributed by atoms with Crippen molar-refractivity contribution >= 4 is 37.6 Å². The van der Waals surface area contributed by atoms with Gasteiger partial charge < -0.3 is 0 Å². The standard InChI is InChI=1S/C15H15BrClNO2S/c1-11-2-8-14(9-3-11)21(19,20)18-10-15(16)12-4-6-13(17)7-5-12/h2-9,15,18H,10H2,1H3. The molecule has 0 aromatic heterocycles. The molecule has 6 heteroatoms. The van der Waals surface area contributed by atoms with Crippen LogP contribution >= 0.6 is 27.5 Å². The molecule has 3 nitrogen and oxygen atoms in total. The van der Waals surface area contributed by atoms with Crippen LogP contribution in [0.3, 0.4) is 0 Å². The molecule has 2 aromatic carbocycles. The van der Waals surface area contributed by atoms with Gasteiger partial charge in [0.05, 0.1) is 9.72 Å². The van der Waals surface area contributed by atoms with Crippen LogP contribution in [-0.2, 0) is 10.0 Å². The molecule has 21 heavy (non-hydrogen) atoms. The van der Waals surface area contributed by atoms with Gasteiger partial charge in [-0.3, -0.25) is 0 Å². The molecular formula is C15H15BrClNO2S. The zero-order chi connectivity index (χ0) is 15.5. The first-order valence-electron chi connectivity index (χ1n) is 6.34. The van der Waals surface area contributed by atoms with Gasteiger partial charge in [-0.25, -0.2) is 13.1 Å². The Morgan fingerprint density at radius 1 is 1.10 bits per heavy atom. The minimum Gasteiger partial charge on any atom is -0.210 e. The van der Waals surface area contributed by atoms with E-state index in [1.165, 1.54) is 0 Å². The number of hydrogen-bond donors (Lipinski definition) is 1. The lowest BCUT2D eigenvalue weighted by atomic mass is 10.1. The molecular weight excluding hydrogens is 374 g/mol. The minimum atomic E-state index is -3.49. The van der Waals surface area contributed by atoms with Gasteiger partial charge in [0, 0.05) is 11.6 Å². The van der Waals surface area contributed by atoms with Gasteiger partial charge >= 0.3 is 0 Å². The maximum Gasteiger partial charge on any atom is 0.240 e. The molecule has 1 N–H and O–H groups in total. The van der Waals surface area contributed by atoms with E-state index < -0.39 is 10.0 Å². The molecule has 1 atom stereocenters. The Bertz CT molecular complexity index is 699. The van der Waals surface area contributed by atoms with Crippen LogP contribution in [0.2, 0.25) is 5.02 Å². The summed E-state index contributed by atoms with van der Waals surface area (Å²) in [6.45, 7) is 2.18. The van der Waals surface area contributed by atoms with Gasteiger partial charge in [-0.15, -0.1) is 0 Å². The molecule has 0 bridgehead atoms. The molecule has 0 aliphatic heterocycles. The highest BCUT2D eigenvalue weighted by Gasteiger charge is 2.16. The summed E-state index contributed by atoms with van der Waals surface area (Å²) in [5.41, 5.74) is 1.99. The zero-order valence-corrected chi connectivity index (χ0v) is 14.5. The molecule has 0 heterocycles. The van der Waals surface area contributed by atoms with E-state index in [4.69, 9.17) is 11.6 Å². The summed E-state index contributed by atoms with van der Waals surface area (Å²) in [5.74, 6) is 0. The average molecular weight is 389 g/mol. The Kier molecular flexibility index (Phi) is 5.43. The van der Waals surface area contributed by atoms with E-state index in [2.05, 4.69) is 20.7 Å². The Labute approximate surface area is 138 Å². The van der Waals surface area contributed by atoms with Crippen LogP contribution in [0.15, 0.2) is 53.4 Å². The van der Waals surface area contributed by atoms with Crippen molar-refractivity contribution in [2.45, 2.75) is 16.6 Å². The highest BCUT2D eigenvalue weighted by Crippen LogP contribution is 2.24. The van der Waals surface area contributed by atoms with Crippen molar-refractivity contribution < 1.29 is 8.42 Å². The van der Waals surface area contributed by atoms with E-state index in [1.807, 2.05) is 19.1 Å². The van der Waals surface area contributed by atoms with E-state index in [0.717, 1.165) is 11.1 Å². The molecule has 0 amide bonds. The van der Waals surface area contributed by atoms with Crippen molar-refractivity contribution in [1.29, 1.82) is 0 Å². The van der Waals surface area contributed by atoms with Crippen LogP contribution in [0.4, 0.5) is 0 Å². The maximum atomic E-state index is 12.2. The molecule has 2 rings (SSSR count). The molecule has 1 unspecified atom stereocenters. The van der Waals surface area contributed by atoms with Crippen molar-refractivity contribution in [3.05, 3.63) is 64.7 Å². The summed E-state index contributed by atoms with van der Waals surface area (Å²) in [5, 5.41) is 0.652. The minimum absolute atomic E-state index is 0.116. The second-order valence-corrected chi connectivity index (χ2v) is 7.99. The molecule has 0 fully saturated rings. The predicted octanol–water partition coefficient (Wildman–Crippen LogP) is 4.06. The number of rotatable bonds is 5. The fourth-order valence-electron chi connectivity index (χ4n) is 1.77. The lowest BCUT2D eigenvalue weighted by molar-refractivity contribution is 0.581. The highest BCUT2D eigenvalue weighted by molar-refractivity contribution is 9.09. The number of sulfonamides is 1. The summed E-state index contributed by atoms with van der Waals surface area (Å²) >= 11 is 9.31. The van der Waals surface area contributed by atoms with Crippen molar-refractivity contribution in [3.63, 3.8) is 0 Å². The van der Waals surface area contributed by atoms with Crippen LogP contribution in [0.1, 0.15) is 16.0 Å². The first-order chi connectivity index (χ1) is 9.88. The van der Waals surface area contributed by atoms with Crippen molar-refractivity contribution in [3.8, 4) is 0 Å². The number of alkyl halides is 1. The first kappa shape index (κ1) is 16.5. The monoisotopic (exact) mass is 387 g/mol. The Hall–Kier alpha value is -0.880. The normalized spacial score (nSPS) is 13.1. The molecule has 0 aliphatic rings. The lowest BCUT2D eigenvalue weighted by Gasteiger charge is -2.12. The quantitative estimate of drug-likeness (QED) is 0.785. The Balaban J connectivity index is 2.04. The third-order valence-corrected chi connectivity index (χ3v) is 5.56. The Morgan fingerprint density at radius 2 is 1.67 bits per heavy atom. The largest absolute Gasteiger partial charge is 0.240 e. The fourth-order valence-corrected chi connectivity index (χ4v) is 3.63. The second kappa shape index (κ2) is 6.92. The molecule has 0 radical (unpaired) electrons. The first-order valence-corrected chi connectivity index (χ1v) is 9.12. The number of halogens is 2. The molecule has 0 saturated carbocycles. The topological polar surface area (TPSA) is 46.2 Å². The Morgan fingerprint density at radius 3 is 2.24 bits per heavy atom. The number of benzene rings is 2. The lowest BCUT2D eigenvalue weighted by Crippen LogP contribution is -2.27. The molecule has 0 saturated heterocycles. The van der Waals surface area contributed by atoms with Gasteiger partial charge in [-0.2, -0.15) is 0 Å². The van der Waals surface area contributed by atoms with E-state index in [-0.39, 0.29) is 16.3 Å². The predicted molar refractivity (Wildman–Crippen MR) is 89.5 cm³/mol. The van der Waals surface area contributed by atoms with E-state index in [1.54, 1.807) is 36.4 Å². The van der Waals surface area contributed by atoms with Crippen LogP contribution in [-0.4, -0.2) is 15.0 Å². The zero-order valence-electron chi connectivity index (χ0n) is 11.4. The number of hydrogen-bond acceptors (Lipinski definition) is 2. The summed E-state index contributed by atoms with van der Waals surface area (Å²) in [6, 6.07) is 14.0. The smallest absolute Gasteiger partial charge is 0.210 e. The van der Waals surface area contributed by atoms with E-state index in [0.29, 0.717) is 5.02 Å². The van der Waals surface area contributed by atoms with E-state index >= 15 is 0 Å². The van der Waals surface area contributed by atoms with Crippen molar-refractivity contribution in [2.75, 3.05) is 6.54 Å². The maximum absolute atomic E-state index is 12.2. The van der Waals surface area contributed by atoms with Crippen LogP contribution in [0, 0.1) is 6.92 Å². The number of nitrogens with one attached hydrogen (secondary N) is 1. The van der Waals surface area contributed by atoms with Crippen LogP contribution < -0.4 is 4.72 Å². The van der Waals surface area contributed by atoms with Gasteiger partial charge in [0.15, 0.2) is 0 Å². The SMILES string of the molecule is Cc1ccc(S(=O)(=O)NCC(Br)c2ccc(Cl)cc2)cc1. The van der Waals surface area contributed by atoms with Crippen LogP contribution in [0.25, 0.3) is 0 Å². The van der Waals surface area contributed by atoms with Crippen molar-refractivity contribution in [1.82, 2.24) is 4.72 Å². The van der Waals surface area contributed by atoms with E-state index in [9.17, 15) is 8.42 Å². The van der Waals surface area contributed by atoms with Gasteiger partial charge in [0.2, 0.25) is 10.0 Å². The summed E-state index contributed by atoms with van der Waals surface area (Å²) in [6.07, 6.45) is 0. The molecule has 2 aromatic rings. The van der Waals surface area contributed by atoms with Gasteiger partial charge in [-0.1, -0.05) is 57.4 Å². The highest BCUT2D eigenvalue weighted by atomic mass is 79.9. The molecule has 112 valence electrons. The van der Waals surface area contributed by atoms with Crippen LogP contribution in [0.5, 0.6) is 0 Å². The fraction of sp³-hybridized carbons (Fsp3) is 0.200. The summed E-state index contributed by atoms with van der Waals surface area (Å²) in [7, 11) is -3.49. The van der Waals surface area contributed by atoms with Gasteiger partial charge in [0.1, 0.15) is 0 Å². The summed E-state index contributed by atoms with van der Waals surface area (Å²) in [4.78, 5) is 0.152. The third-order valence-electron chi connectivity index (χ3n) is 3.02. The third kappa shape index (κ3) is 4.54. The second-order valence-electron chi connectivity index (χ2n) is 4.68. The van der Waals surface area contributed by atoms with Gasteiger partial charge in [-0.05, 0) is 36.8 Å². The molecule has 0 aliphatic carbocycles.